The second-order valence-corrected chi connectivity index (χ2v) is 20.1. The Hall–Kier alpha value is -5.98. The molecule has 10 aromatic rings. The summed E-state index contributed by atoms with van der Waals surface area (Å²) < 4.78 is 99.3. The molecule has 10 rings (SSSR count). The number of hydrogen-bond donors (Lipinski definition) is 0. The molecule has 0 aliphatic heterocycles. The number of pyridine rings is 4. The smallest absolute Gasteiger partial charge is 0.198 e. The topological polar surface area (TPSA) is 51.6 Å². The first-order valence-corrected chi connectivity index (χ1v) is 26.2. The van der Waals surface area contributed by atoms with Crippen LogP contribution in [0, 0.1) is 60.8 Å². The normalized spacial score (nSPS) is 10.7. The molecule has 0 radical (unpaired) electrons. The van der Waals surface area contributed by atoms with Crippen LogP contribution in [0.15, 0.2) is 195 Å². The molecule has 0 N–H and O–H groups in total. The van der Waals surface area contributed by atoms with E-state index in [1.54, 1.807) is 24.8 Å². The molecule has 0 saturated carbocycles. The Kier molecular flexibility index (Phi) is 18.4. The molecule has 0 unspecified atom stereocenters. The monoisotopic (exact) mass is 1440 g/mol. The van der Waals surface area contributed by atoms with Crippen molar-refractivity contribution in [1.82, 2.24) is 19.9 Å². The van der Waals surface area contributed by atoms with Gasteiger partial charge in [-0.2, -0.15) is 0 Å². The Balaban J connectivity index is 0.000000249. The van der Waals surface area contributed by atoms with Gasteiger partial charge in [-0.15, -0.1) is 0 Å². The van der Waals surface area contributed by atoms with E-state index in [4.69, 9.17) is 0 Å². The van der Waals surface area contributed by atoms with E-state index in [0.717, 1.165) is 77.9 Å². The van der Waals surface area contributed by atoms with Crippen LogP contribution in [0.1, 0.15) is 22.3 Å². The molecular weight excluding hydrogens is 1410 g/mol. The largest absolute Gasteiger partial charge is 0.264 e. The third-order valence-corrected chi connectivity index (χ3v) is 17.4. The summed E-state index contributed by atoms with van der Waals surface area (Å²) in [5.74, 6) is -12.5. The lowest BCUT2D eigenvalue weighted by Crippen LogP contribution is -2.02. The van der Waals surface area contributed by atoms with E-state index >= 15 is 0 Å². The van der Waals surface area contributed by atoms with Gasteiger partial charge in [0.1, 0.15) is 0 Å². The molecule has 0 atom stereocenters. The van der Waals surface area contributed by atoms with Gasteiger partial charge >= 0.3 is 0 Å². The zero-order valence-corrected chi connectivity index (χ0v) is 46.4. The Morgan fingerprint density at radius 3 is 0.595 bits per heavy atom. The van der Waals surface area contributed by atoms with Crippen LogP contribution in [0.4, 0.5) is 35.1 Å². The molecule has 368 valence electrons. The lowest BCUT2D eigenvalue weighted by atomic mass is 9.84. The molecule has 16 heteroatoms. The van der Waals surface area contributed by atoms with Crippen molar-refractivity contribution >= 4 is 102 Å². The van der Waals surface area contributed by atoms with Crippen LogP contribution in [0.5, 0.6) is 0 Å². The van der Waals surface area contributed by atoms with Gasteiger partial charge in [0.15, 0.2) is 46.5 Å². The molecule has 0 saturated heterocycles. The molecule has 4 aromatic heterocycles. The number of hydrogen-bond acceptors (Lipinski definition) is 4. The first-order valence-electron chi connectivity index (χ1n) is 21.8. The summed E-state index contributed by atoms with van der Waals surface area (Å²) in [5, 5.41) is 0. The van der Waals surface area contributed by atoms with E-state index in [0.29, 0.717) is 0 Å². The molecule has 0 aliphatic rings. The van der Waals surface area contributed by atoms with Crippen molar-refractivity contribution in [2.24, 2.45) is 0 Å². The van der Waals surface area contributed by atoms with Gasteiger partial charge in [0.05, 0.1) is 14.3 Å². The first kappa shape index (κ1) is 54.3. The van der Waals surface area contributed by atoms with Gasteiger partial charge in [-0.25, -0.2) is 35.1 Å². The minimum atomic E-state index is -1.77. The summed E-state index contributed by atoms with van der Waals surface area (Å²) in [7, 11) is 0. The maximum absolute atomic E-state index is 12.6. The molecule has 4 heterocycles. The summed E-state index contributed by atoms with van der Waals surface area (Å²) in [4.78, 5) is 17.4. The van der Waals surface area contributed by atoms with Gasteiger partial charge in [0.25, 0.3) is 0 Å². The summed E-state index contributed by atoms with van der Waals surface area (Å²) in [6, 6.07) is 51.5. The lowest BCUT2D eigenvalue weighted by molar-refractivity contribution is 0.402. The average molecular weight is 1440 g/mol. The molecule has 6 aromatic carbocycles. The number of rotatable bonds is 8. The molecular formula is C58H32F8I4N4. The van der Waals surface area contributed by atoms with E-state index in [2.05, 4.69) is 141 Å². The van der Waals surface area contributed by atoms with E-state index in [1.807, 2.05) is 49.1 Å². The fourth-order valence-corrected chi connectivity index (χ4v) is 9.41. The summed E-state index contributed by atoms with van der Waals surface area (Å²) >= 11 is 5.63. The first-order chi connectivity index (χ1) is 35.7. The van der Waals surface area contributed by atoms with E-state index in [9.17, 15) is 35.1 Å². The van der Waals surface area contributed by atoms with E-state index in [-0.39, 0.29) is 14.3 Å². The maximum Gasteiger partial charge on any atom is 0.198 e. The van der Waals surface area contributed by atoms with Crippen LogP contribution in [0.2, 0.25) is 0 Å². The third kappa shape index (κ3) is 12.4. The summed E-state index contributed by atoms with van der Waals surface area (Å²) in [6.45, 7) is 0. The Labute approximate surface area is 474 Å². The molecule has 74 heavy (non-hydrogen) atoms. The fourth-order valence-electron chi connectivity index (χ4n) is 7.52. The molecule has 0 spiro atoms. The van der Waals surface area contributed by atoms with Crippen LogP contribution in [-0.2, 0) is 0 Å². The predicted octanol–water partition coefficient (Wildman–Crippen LogP) is 17.8. The van der Waals surface area contributed by atoms with Gasteiger partial charge in [0.2, 0.25) is 0 Å². The highest BCUT2D eigenvalue weighted by atomic mass is 127. The standard InChI is InChI=1S/C46H32N4.2C6F4I2/c1-5-41(29-47-25-1)33-9-17-37(18-10-33)45(38-19-11-34(12-20-38)42-6-2-26-48-30-42)46(39-21-13-35(14-22-39)43-7-3-27-49-31-43)40-23-15-36(16-24-40)44-8-4-28-50-32-44;2*7-1-2(8)4(10)6(12)5(11)3(1)9/h1-32H;;. The van der Waals surface area contributed by atoms with Crippen LogP contribution < -0.4 is 0 Å². The van der Waals surface area contributed by atoms with Crippen molar-refractivity contribution in [1.29, 1.82) is 0 Å². The fraction of sp³-hybridized carbons (Fsp3) is 0. The maximum atomic E-state index is 12.6. The van der Waals surface area contributed by atoms with Crippen LogP contribution in [0.3, 0.4) is 0 Å². The Bertz CT molecular complexity index is 2960. The van der Waals surface area contributed by atoms with Crippen molar-refractivity contribution in [2.45, 2.75) is 0 Å². The second-order valence-electron chi connectivity index (χ2n) is 15.8. The molecule has 0 amide bonds. The zero-order valence-electron chi connectivity index (χ0n) is 37.8. The lowest BCUT2D eigenvalue weighted by Gasteiger charge is -2.19. The highest BCUT2D eigenvalue weighted by Crippen LogP contribution is 2.40. The summed E-state index contributed by atoms with van der Waals surface area (Å²) in [6.07, 6.45) is 14.8. The summed E-state index contributed by atoms with van der Waals surface area (Å²) in [5.41, 5.74) is 15.6. The number of aromatic nitrogens is 4. The Morgan fingerprint density at radius 1 is 0.243 bits per heavy atom. The minimum absolute atomic E-state index is 0.246. The zero-order chi connectivity index (χ0) is 52.5. The van der Waals surface area contributed by atoms with Crippen molar-refractivity contribution in [3.8, 4) is 44.5 Å². The molecule has 0 bridgehead atoms. The van der Waals surface area contributed by atoms with Gasteiger partial charge in [0, 0.05) is 49.6 Å². The predicted molar refractivity (Wildman–Crippen MR) is 307 cm³/mol. The van der Waals surface area contributed by atoms with Crippen molar-refractivity contribution in [3.63, 3.8) is 0 Å². The molecule has 0 fully saturated rings. The van der Waals surface area contributed by atoms with Crippen molar-refractivity contribution in [3.05, 3.63) is 278 Å². The van der Waals surface area contributed by atoms with Gasteiger partial charge in [-0.1, -0.05) is 121 Å². The van der Waals surface area contributed by atoms with Gasteiger partial charge in [-0.3, -0.25) is 19.9 Å². The SMILES string of the molecule is Fc1c(F)c(F)c(I)c(I)c1F.Fc1c(F)c(F)c(I)c(I)c1F.c1cncc(-c2ccc(C(=C(c3ccc(-c4cccnc4)cc3)c3ccc(-c4cccnc4)cc3)c3ccc(-c4cccnc4)cc3)cc2)c1. The van der Waals surface area contributed by atoms with E-state index in [1.165, 1.54) is 90.4 Å². The second kappa shape index (κ2) is 25.0. The van der Waals surface area contributed by atoms with Gasteiger partial charge < -0.3 is 0 Å². The van der Waals surface area contributed by atoms with Crippen molar-refractivity contribution < 1.29 is 35.1 Å². The third-order valence-electron chi connectivity index (χ3n) is 11.2. The molecule has 0 aliphatic carbocycles. The number of benzene rings is 6. The quantitative estimate of drug-likeness (QED) is 0.0500. The van der Waals surface area contributed by atoms with Crippen LogP contribution >= 0.6 is 90.4 Å². The molecule has 4 nitrogen and oxygen atoms in total. The van der Waals surface area contributed by atoms with Crippen molar-refractivity contribution in [2.75, 3.05) is 0 Å². The highest BCUT2D eigenvalue weighted by molar-refractivity contribution is 14.1. The number of halogens is 12. The van der Waals surface area contributed by atoms with Crippen LogP contribution in [-0.4, -0.2) is 19.9 Å². The average Bonchev–Trinajstić information content (AvgIpc) is 3.47. The minimum Gasteiger partial charge on any atom is -0.264 e. The highest BCUT2D eigenvalue weighted by Gasteiger charge is 2.24. The van der Waals surface area contributed by atoms with Gasteiger partial charge in [-0.05, 0) is 193 Å². The van der Waals surface area contributed by atoms with Crippen LogP contribution in [0.25, 0.3) is 55.7 Å². The Morgan fingerprint density at radius 2 is 0.432 bits per heavy atom. The number of nitrogens with zero attached hydrogens (tertiary/aromatic N) is 4. The van der Waals surface area contributed by atoms with E-state index < -0.39 is 46.5 Å².